The first-order chi connectivity index (χ1) is 9.74. The molecule has 1 amide bonds. The van der Waals surface area contributed by atoms with Crippen molar-refractivity contribution >= 4 is 17.7 Å². The average Bonchev–Trinajstić information content (AvgIpc) is 2.94. The van der Waals surface area contributed by atoms with Crippen molar-refractivity contribution in [2.24, 2.45) is 0 Å². The molecule has 1 heterocycles. The summed E-state index contributed by atoms with van der Waals surface area (Å²) in [5.74, 6) is -0.190. The second-order valence-electron chi connectivity index (χ2n) is 4.19. The predicted molar refractivity (Wildman–Crippen MR) is 78.7 cm³/mol. The number of benzene rings is 1. The summed E-state index contributed by atoms with van der Waals surface area (Å²) in [7, 11) is 0. The maximum absolute atomic E-state index is 12.0. The van der Waals surface area contributed by atoms with Crippen molar-refractivity contribution < 1.29 is 9.90 Å². The third-order valence-electron chi connectivity index (χ3n) is 2.87. The molecule has 5 nitrogen and oxygen atoms in total. The van der Waals surface area contributed by atoms with Crippen molar-refractivity contribution in [1.82, 2.24) is 15.1 Å². The van der Waals surface area contributed by atoms with Crippen LogP contribution in [0.25, 0.3) is 0 Å². The zero-order valence-electron chi connectivity index (χ0n) is 11.2. The molecule has 0 aliphatic carbocycles. The third kappa shape index (κ3) is 3.61. The summed E-state index contributed by atoms with van der Waals surface area (Å²) in [6.07, 6.45) is 3.58. The van der Waals surface area contributed by atoms with Gasteiger partial charge in [0.05, 0.1) is 13.2 Å². The van der Waals surface area contributed by atoms with E-state index in [0.717, 1.165) is 5.56 Å². The van der Waals surface area contributed by atoms with Crippen LogP contribution in [0.2, 0.25) is 0 Å². The summed E-state index contributed by atoms with van der Waals surface area (Å²) in [6, 6.07) is 9.69. The first kappa shape index (κ1) is 14.6. The summed E-state index contributed by atoms with van der Waals surface area (Å²) < 4.78 is 1.49. The number of carbonyl (C=O) groups is 1. The maximum Gasteiger partial charge on any atom is 0.269 e. The van der Waals surface area contributed by atoms with Gasteiger partial charge in [0.1, 0.15) is 5.69 Å². The van der Waals surface area contributed by atoms with Crippen LogP contribution in [0.15, 0.2) is 41.4 Å². The number of amides is 1. The standard InChI is InChI=1S/C14H17N3O2S/c1-20-12-4-2-11(3-5-12)10-15-14(19)13-6-7-16-17(13)8-9-18/h2-7,18H,8-10H2,1H3,(H,15,19). The zero-order chi connectivity index (χ0) is 14.4. The minimum Gasteiger partial charge on any atom is -0.394 e. The van der Waals surface area contributed by atoms with Crippen molar-refractivity contribution in [3.8, 4) is 0 Å². The maximum atomic E-state index is 12.0. The summed E-state index contributed by atoms with van der Waals surface area (Å²) in [4.78, 5) is 13.2. The first-order valence-corrected chi connectivity index (χ1v) is 7.51. The lowest BCUT2D eigenvalue weighted by Crippen LogP contribution is -2.26. The Kier molecular flexibility index (Phi) is 5.20. The summed E-state index contributed by atoms with van der Waals surface area (Å²) >= 11 is 1.68. The number of nitrogens with zero attached hydrogens (tertiary/aromatic N) is 2. The van der Waals surface area contributed by atoms with E-state index in [4.69, 9.17) is 5.11 Å². The fourth-order valence-electron chi connectivity index (χ4n) is 1.81. The minimum atomic E-state index is -0.190. The SMILES string of the molecule is CSc1ccc(CNC(=O)c2ccnn2CCO)cc1. The molecule has 2 N–H and O–H groups in total. The number of rotatable bonds is 6. The van der Waals surface area contributed by atoms with Crippen LogP contribution in [0.1, 0.15) is 16.1 Å². The molecule has 0 saturated carbocycles. The van der Waals surface area contributed by atoms with Crippen LogP contribution in [-0.2, 0) is 13.1 Å². The number of hydrogen-bond donors (Lipinski definition) is 2. The quantitative estimate of drug-likeness (QED) is 0.792. The molecule has 1 aromatic heterocycles. The average molecular weight is 291 g/mol. The highest BCUT2D eigenvalue weighted by Gasteiger charge is 2.11. The van der Waals surface area contributed by atoms with Crippen LogP contribution < -0.4 is 5.32 Å². The van der Waals surface area contributed by atoms with Gasteiger partial charge >= 0.3 is 0 Å². The second kappa shape index (κ2) is 7.12. The lowest BCUT2D eigenvalue weighted by atomic mass is 10.2. The van der Waals surface area contributed by atoms with E-state index >= 15 is 0 Å². The first-order valence-electron chi connectivity index (χ1n) is 6.28. The molecule has 0 bridgehead atoms. The molecule has 0 aliphatic heterocycles. The molecule has 20 heavy (non-hydrogen) atoms. The van der Waals surface area contributed by atoms with E-state index in [1.54, 1.807) is 24.0 Å². The fourth-order valence-corrected chi connectivity index (χ4v) is 2.22. The Morgan fingerprint density at radius 2 is 2.10 bits per heavy atom. The largest absolute Gasteiger partial charge is 0.394 e. The van der Waals surface area contributed by atoms with E-state index in [-0.39, 0.29) is 12.5 Å². The molecular weight excluding hydrogens is 274 g/mol. The van der Waals surface area contributed by atoms with Crippen LogP contribution in [0.3, 0.4) is 0 Å². The van der Waals surface area contributed by atoms with Gasteiger partial charge in [-0.2, -0.15) is 5.10 Å². The van der Waals surface area contributed by atoms with Crippen molar-refractivity contribution in [1.29, 1.82) is 0 Å². The molecule has 0 atom stereocenters. The lowest BCUT2D eigenvalue weighted by Gasteiger charge is -2.08. The summed E-state index contributed by atoms with van der Waals surface area (Å²) in [5.41, 5.74) is 1.50. The smallest absolute Gasteiger partial charge is 0.269 e. The molecule has 0 unspecified atom stereocenters. The Labute approximate surface area is 122 Å². The van der Waals surface area contributed by atoms with Crippen LogP contribution in [-0.4, -0.2) is 33.7 Å². The Morgan fingerprint density at radius 3 is 2.75 bits per heavy atom. The van der Waals surface area contributed by atoms with Gasteiger partial charge in [-0.3, -0.25) is 9.48 Å². The van der Waals surface area contributed by atoms with Gasteiger partial charge in [0.2, 0.25) is 0 Å². The molecule has 0 aliphatic rings. The van der Waals surface area contributed by atoms with Crippen molar-refractivity contribution in [3.05, 3.63) is 47.8 Å². The van der Waals surface area contributed by atoms with Crippen LogP contribution in [0, 0.1) is 0 Å². The third-order valence-corrected chi connectivity index (χ3v) is 3.62. The molecule has 1 aromatic carbocycles. The number of hydrogen-bond acceptors (Lipinski definition) is 4. The Hall–Kier alpha value is -1.79. The van der Waals surface area contributed by atoms with Gasteiger partial charge in [-0.05, 0) is 30.0 Å². The molecule has 2 aromatic rings. The van der Waals surface area contributed by atoms with Crippen molar-refractivity contribution in [2.75, 3.05) is 12.9 Å². The molecule has 2 rings (SSSR count). The number of aromatic nitrogens is 2. The van der Waals surface area contributed by atoms with Gasteiger partial charge in [-0.15, -0.1) is 11.8 Å². The monoisotopic (exact) mass is 291 g/mol. The number of aliphatic hydroxyl groups excluding tert-OH is 1. The zero-order valence-corrected chi connectivity index (χ0v) is 12.1. The van der Waals surface area contributed by atoms with Crippen molar-refractivity contribution in [3.63, 3.8) is 0 Å². The number of carbonyl (C=O) groups excluding carboxylic acids is 1. The van der Waals surface area contributed by atoms with E-state index < -0.39 is 0 Å². The number of aliphatic hydroxyl groups is 1. The van der Waals surface area contributed by atoms with Crippen LogP contribution in [0.5, 0.6) is 0 Å². The van der Waals surface area contributed by atoms with Gasteiger partial charge in [-0.1, -0.05) is 12.1 Å². The van der Waals surface area contributed by atoms with E-state index in [0.29, 0.717) is 18.8 Å². The normalized spacial score (nSPS) is 10.5. The highest BCUT2D eigenvalue weighted by atomic mass is 32.2. The van der Waals surface area contributed by atoms with Crippen LogP contribution >= 0.6 is 11.8 Å². The van der Waals surface area contributed by atoms with Gasteiger partial charge in [0.15, 0.2) is 0 Å². The molecular formula is C14H17N3O2S. The van der Waals surface area contributed by atoms with Gasteiger partial charge in [0.25, 0.3) is 5.91 Å². The molecule has 106 valence electrons. The highest BCUT2D eigenvalue weighted by Crippen LogP contribution is 2.14. The Balaban J connectivity index is 1.95. The summed E-state index contributed by atoms with van der Waals surface area (Å²) in [6.45, 7) is 0.744. The second-order valence-corrected chi connectivity index (χ2v) is 5.07. The van der Waals surface area contributed by atoms with E-state index in [1.165, 1.54) is 9.58 Å². The van der Waals surface area contributed by atoms with Crippen molar-refractivity contribution in [2.45, 2.75) is 18.0 Å². The van der Waals surface area contributed by atoms with Gasteiger partial charge in [0, 0.05) is 17.6 Å². The molecule has 0 radical (unpaired) electrons. The highest BCUT2D eigenvalue weighted by molar-refractivity contribution is 7.98. The lowest BCUT2D eigenvalue weighted by molar-refractivity contribution is 0.0938. The van der Waals surface area contributed by atoms with E-state index in [2.05, 4.69) is 10.4 Å². The van der Waals surface area contributed by atoms with E-state index in [1.807, 2.05) is 30.5 Å². The number of nitrogens with one attached hydrogen (secondary N) is 1. The molecule has 0 fully saturated rings. The predicted octanol–water partition coefficient (Wildman–Crippen LogP) is 1.53. The van der Waals surface area contributed by atoms with Crippen LogP contribution in [0.4, 0.5) is 0 Å². The molecule has 0 saturated heterocycles. The van der Waals surface area contributed by atoms with E-state index in [9.17, 15) is 4.79 Å². The minimum absolute atomic E-state index is 0.0435. The number of thioether (sulfide) groups is 1. The molecule has 6 heteroatoms. The topological polar surface area (TPSA) is 67.2 Å². The Bertz CT molecular complexity index is 566. The summed E-state index contributed by atoms with van der Waals surface area (Å²) in [5, 5.41) is 15.8. The fraction of sp³-hybridized carbons (Fsp3) is 0.286. The van der Waals surface area contributed by atoms with Gasteiger partial charge < -0.3 is 10.4 Å². The molecule has 0 spiro atoms. The van der Waals surface area contributed by atoms with Gasteiger partial charge in [-0.25, -0.2) is 0 Å². The Morgan fingerprint density at radius 1 is 1.35 bits per heavy atom.